The van der Waals surface area contributed by atoms with Gasteiger partial charge in [-0.2, -0.15) is 17.0 Å². The van der Waals surface area contributed by atoms with Crippen molar-refractivity contribution in [2.75, 3.05) is 23.4 Å². The SMILES string of the molecule is Cc1ccnc(NCC2CCSC2)c1C#N. The van der Waals surface area contributed by atoms with Gasteiger partial charge in [0, 0.05) is 12.7 Å². The molecule has 0 radical (unpaired) electrons. The van der Waals surface area contributed by atoms with Crippen LogP contribution in [0, 0.1) is 24.2 Å². The molecular weight excluding hydrogens is 218 g/mol. The monoisotopic (exact) mass is 233 g/mol. The Kier molecular flexibility index (Phi) is 3.68. The van der Waals surface area contributed by atoms with E-state index in [9.17, 15) is 0 Å². The van der Waals surface area contributed by atoms with E-state index in [-0.39, 0.29) is 0 Å². The zero-order valence-corrected chi connectivity index (χ0v) is 10.2. The van der Waals surface area contributed by atoms with E-state index in [0.717, 1.165) is 23.8 Å². The predicted octanol–water partition coefficient (Wildman–Crippen LogP) is 2.43. The number of nitrogens with one attached hydrogen (secondary N) is 1. The molecule has 84 valence electrons. The number of pyridine rings is 1. The molecule has 1 fully saturated rings. The van der Waals surface area contributed by atoms with Crippen LogP contribution in [0.2, 0.25) is 0 Å². The third kappa shape index (κ3) is 2.48. The normalized spacial score (nSPS) is 19.4. The van der Waals surface area contributed by atoms with Crippen LogP contribution < -0.4 is 5.32 Å². The van der Waals surface area contributed by atoms with Gasteiger partial charge in [0.2, 0.25) is 0 Å². The van der Waals surface area contributed by atoms with Crippen molar-refractivity contribution in [1.29, 1.82) is 5.26 Å². The number of thioether (sulfide) groups is 1. The number of hydrogen-bond donors (Lipinski definition) is 1. The number of aromatic nitrogens is 1. The summed E-state index contributed by atoms with van der Waals surface area (Å²) in [6.07, 6.45) is 3.02. The first kappa shape index (κ1) is 11.3. The molecule has 1 saturated heterocycles. The predicted molar refractivity (Wildman–Crippen MR) is 67.6 cm³/mol. The average molecular weight is 233 g/mol. The van der Waals surface area contributed by atoms with Crippen molar-refractivity contribution in [1.82, 2.24) is 4.98 Å². The second-order valence-electron chi connectivity index (χ2n) is 4.07. The molecule has 1 unspecified atom stereocenters. The molecule has 3 nitrogen and oxygen atoms in total. The fourth-order valence-electron chi connectivity index (χ4n) is 1.82. The minimum Gasteiger partial charge on any atom is -0.369 e. The Morgan fingerprint density at radius 2 is 2.56 bits per heavy atom. The van der Waals surface area contributed by atoms with Gasteiger partial charge in [0.25, 0.3) is 0 Å². The van der Waals surface area contributed by atoms with Crippen LogP contribution in [0.4, 0.5) is 5.82 Å². The highest BCUT2D eigenvalue weighted by atomic mass is 32.2. The summed E-state index contributed by atoms with van der Waals surface area (Å²) in [6, 6.07) is 4.08. The number of nitrogens with zero attached hydrogens (tertiary/aromatic N) is 2. The van der Waals surface area contributed by atoms with Gasteiger partial charge in [-0.15, -0.1) is 0 Å². The van der Waals surface area contributed by atoms with Crippen LogP contribution in [-0.4, -0.2) is 23.0 Å². The minimum absolute atomic E-state index is 0.674. The summed E-state index contributed by atoms with van der Waals surface area (Å²) in [6.45, 7) is 2.87. The van der Waals surface area contributed by atoms with Gasteiger partial charge in [-0.05, 0) is 42.4 Å². The third-order valence-corrected chi connectivity index (χ3v) is 4.08. The lowest BCUT2D eigenvalue weighted by Gasteiger charge is -2.12. The van der Waals surface area contributed by atoms with Gasteiger partial charge in [-0.25, -0.2) is 4.98 Å². The summed E-state index contributed by atoms with van der Waals surface area (Å²) in [4.78, 5) is 4.23. The topological polar surface area (TPSA) is 48.7 Å². The highest BCUT2D eigenvalue weighted by Gasteiger charge is 2.16. The van der Waals surface area contributed by atoms with E-state index < -0.39 is 0 Å². The molecule has 1 aliphatic rings. The summed E-state index contributed by atoms with van der Waals surface area (Å²) < 4.78 is 0. The fraction of sp³-hybridized carbons (Fsp3) is 0.500. The second-order valence-corrected chi connectivity index (χ2v) is 5.22. The van der Waals surface area contributed by atoms with Crippen LogP contribution in [0.5, 0.6) is 0 Å². The van der Waals surface area contributed by atoms with E-state index in [1.54, 1.807) is 6.20 Å². The van der Waals surface area contributed by atoms with E-state index in [2.05, 4.69) is 16.4 Å². The number of aryl methyl sites for hydroxylation is 1. The van der Waals surface area contributed by atoms with Crippen LogP contribution >= 0.6 is 11.8 Å². The maximum atomic E-state index is 9.06. The summed E-state index contributed by atoms with van der Waals surface area (Å²) in [7, 11) is 0. The zero-order valence-electron chi connectivity index (χ0n) is 9.36. The van der Waals surface area contributed by atoms with Gasteiger partial charge < -0.3 is 5.32 Å². The molecule has 0 amide bonds. The standard InChI is InChI=1S/C12H15N3S/c1-9-2-4-14-12(11(9)6-13)15-7-10-3-5-16-8-10/h2,4,10H,3,5,7-8H2,1H3,(H,14,15). The molecule has 4 heteroatoms. The van der Waals surface area contributed by atoms with E-state index in [1.807, 2.05) is 24.8 Å². The number of hydrogen-bond acceptors (Lipinski definition) is 4. The van der Waals surface area contributed by atoms with Crippen LogP contribution in [0.25, 0.3) is 0 Å². The van der Waals surface area contributed by atoms with Gasteiger partial charge in [-0.1, -0.05) is 0 Å². The lowest BCUT2D eigenvalue weighted by molar-refractivity contribution is 0.630. The van der Waals surface area contributed by atoms with Crippen molar-refractivity contribution in [3.05, 3.63) is 23.4 Å². The quantitative estimate of drug-likeness (QED) is 0.871. The highest BCUT2D eigenvalue weighted by Crippen LogP contribution is 2.24. The largest absolute Gasteiger partial charge is 0.369 e. The molecule has 0 bridgehead atoms. The molecule has 1 atom stereocenters. The molecular formula is C12H15N3S. The number of rotatable bonds is 3. The highest BCUT2D eigenvalue weighted by molar-refractivity contribution is 7.99. The fourth-order valence-corrected chi connectivity index (χ4v) is 3.10. The summed E-state index contributed by atoms with van der Waals surface area (Å²) in [5.74, 6) is 3.94. The van der Waals surface area contributed by atoms with Gasteiger partial charge in [-0.3, -0.25) is 0 Å². The summed E-state index contributed by atoms with van der Waals surface area (Å²) in [5, 5.41) is 12.4. The van der Waals surface area contributed by atoms with Crippen LogP contribution in [0.15, 0.2) is 12.3 Å². The third-order valence-electron chi connectivity index (χ3n) is 2.85. The smallest absolute Gasteiger partial charge is 0.144 e. The summed E-state index contributed by atoms with van der Waals surface area (Å²) >= 11 is 2.01. The van der Waals surface area contributed by atoms with Crippen molar-refractivity contribution in [3.63, 3.8) is 0 Å². The van der Waals surface area contributed by atoms with Crippen molar-refractivity contribution in [2.45, 2.75) is 13.3 Å². The zero-order chi connectivity index (χ0) is 11.4. The Hall–Kier alpha value is -1.21. The second kappa shape index (κ2) is 5.22. The molecule has 2 rings (SSSR count). The van der Waals surface area contributed by atoms with Gasteiger partial charge in [0.15, 0.2) is 0 Å². The average Bonchev–Trinajstić information content (AvgIpc) is 2.79. The molecule has 2 heterocycles. The molecule has 0 spiro atoms. The van der Waals surface area contributed by atoms with E-state index >= 15 is 0 Å². The lowest BCUT2D eigenvalue weighted by Crippen LogP contribution is -2.15. The first-order valence-electron chi connectivity index (χ1n) is 5.48. The molecule has 0 aliphatic carbocycles. The van der Waals surface area contributed by atoms with Crippen molar-refractivity contribution >= 4 is 17.6 Å². The maximum Gasteiger partial charge on any atom is 0.144 e. The van der Waals surface area contributed by atoms with Gasteiger partial charge in [0.05, 0.1) is 5.56 Å². The Balaban J connectivity index is 2.03. The lowest BCUT2D eigenvalue weighted by atomic mass is 10.1. The molecule has 1 aliphatic heterocycles. The molecule has 1 aromatic heterocycles. The maximum absolute atomic E-state index is 9.06. The molecule has 0 saturated carbocycles. The van der Waals surface area contributed by atoms with Gasteiger partial charge >= 0.3 is 0 Å². The first-order chi connectivity index (χ1) is 7.81. The van der Waals surface area contributed by atoms with Crippen LogP contribution in [0.3, 0.4) is 0 Å². The van der Waals surface area contributed by atoms with E-state index in [4.69, 9.17) is 5.26 Å². The van der Waals surface area contributed by atoms with Gasteiger partial charge in [0.1, 0.15) is 11.9 Å². The molecule has 1 N–H and O–H groups in total. The van der Waals surface area contributed by atoms with Crippen molar-refractivity contribution < 1.29 is 0 Å². The number of anilines is 1. The Bertz CT molecular complexity index is 405. The molecule has 16 heavy (non-hydrogen) atoms. The first-order valence-corrected chi connectivity index (χ1v) is 6.64. The Morgan fingerprint density at radius 3 is 3.25 bits per heavy atom. The minimum atomic E-state index is 0.674. The van der Waals surface area contributed by atoms with Crippen LogP contribution in [-0.2, 0) is 0 Å². The van der Waals surface area contributed by atoms with Crippen molar-refractivity contribution in [3.8, 4) is 6.07 Å². The van der Waals surface area contributed by atoms with Crippen molar-refractivity contribution in [2.24, 2.45) is 5.92 Å². The van der Waals surface area contributed by atoms with Crippen LogP contribution in [0.1, 0.15) is 17.5 Å². The van der Waals surface area contributed by atoms with E-state index in [0.29, 0.717) is 5.56 Å². The molecule has 0 aromatic carbocycles. The number of nitriles is 1. The Labute approximate surface area is 100 Å². The molecule has 1 aromatic rings. The Morgan fingerprint density at radius 1 is 1.69 bits per heavy atom. The summed E-state index contributed by atoms with van der Waals surface area (Å²) in [5.41, 5.74) is 1.66. The van der Waals surface area contributed by atoms with E-state index in [1.165, 1.54) is 17.9 Å².